The van der Waals surface area contributed by atoms with Crippen molar-refractivity contribution in [2.45, 2.75) is 19.6 Å². The number of allylic oxidation sites excluding steroid dienone is 1. The molecule has 0 heterocycles. The Bertz CT molecular complexity index is 634. The summed E-state index contributed by atoms with van der Waals surface area (Å²) in [5.74, 6) is -0.584. The zero-order chi connectivity index (χ0) is 17.5. The van der Waals surface area contributed by atoms with Crippen LogP contribution in [0.25, 0.3) is 0 Å². The lowest BCUT2D eigenvalue weighted by atomic mass is 10.1. The molecule has 4 nitrogen and oxygen atoms in total. The first kappa shape index (κ1) is 18.5. The molecule has 23 heavy (non-hydrogen) atoms. The van der Waals surface area contributed by atoms with Crippen molar-refractivity contribution in [2.24, 2.45) is 4.99 Å². The molecule has 0 aromatic heterocycles. The third kappa shape index (κ3) is 5.61. The minimum absolute atomic E-state index is 0.131. The van der Waals surface area contributed by atoms with Gasteiger partial charge >= 0.3 is 12.1 Å². The van der Waals surface area contributed by atoms with Gasteiger partial charge in [-0.2, -0.15) is 13.2 Å². The number of ether oxygens (including phenoxy) is 1. The van der Waals surface area contributed by atoms with E-state index in [1.165, 1.54) is 25.5 Å². The van der Waals surface area contributed by atoms with E-state index in [0.29, 0.717) is 11.3 Å². The SMILES string of the molecule is C=N/C=C\C(C(=O)OC)=C(/C)NCc1cccc(C(F)(F)F)c1. The quantitative estimate of drug-likeness (QED) is 0.377. The van der Waals surface area contributed by atoms with Gasteiger partial charge in [-0.05, 0) is 37.4 Å². The van der Waals surface area contributed by atoms with Gasteiger partial charge in [-0.1, -0.05) is 12.1 Å². The molecule has 0 saturated heterocycles. The molecule has 0 bridgehead atoms. The second-order valence-corrected chi connectivity index (χ2v) is 4.58. The highest BCUT2D eigenvalue weighted by atomic mass is 19.4. The van der Waals surface area contributed by atoms with Crippen molar-refractivity contribution in [1.82, 2.24) is 5.32 Å². The molecular weight excluding hydrogens is 309 g/mol. The highest BCUT2D eigenvalue weighted by molar-refractivity contribution is 5.92. The molecule has 1 N–H and O–H groups in total. The van der Waals surface area contributed by atoms with Gasteiger partial charge in [-0.15, -0.1) is 0 Å². The maximum absolute atomic E-state index is 12.7. The van der Waals surface area contributed by atoms with E-state index in [0.717, 1.165) is 12.1 Å². The lowest BCUT2D eigenvalue weighted by Gasteiger charge is -2.12. The highest BCUT2D eigenvalue weighted by Crippen LogP contribution is 2.29. The van der Waals surface area contributed by atoms with Crippen molar-refractivity contribution in [2.75, 3.05) is 7.11 Å². The Labute approximate surface area is 132 Å². The largest absolute Gasteiger partial charge is 0.465 e. The predicted octanol–water partition coefficient (Wildman–Crippen LogP) is 3.46. The molecule has 0 atom stereocenters. The summed E-state index contributed by atoms with van der Waals surface area (Å²) in [5, 5.41) is 2.90. The summed E-state index contributed by atoms with van der Waals surface area (Å²) in [7, 11) is 1.23. The van der Waals surface area contributed by atoms with E-state index in [-0.39, 0.29) is 12.1 Å². The second kappa shape index (κ2) is 8.17. The first-order valence-corrected chi connectivity index (χ1v) is 6.61. The number of esters is 1. The van der Waals surface area contributed by atoms with Crippen molar-refractivity contribution in [3.05, 3.63) is 58.9 Å². The van der Waals surface area contributed by atoms with Crippen molar-refractivity contribution in [3.8, 4) is 0 Å². The molecule has 0 fully saturated rings. The van der Waals surface area contributed by atoms with Crippen molar-refractivity contribution >= 4 is 12.7 Å². The zero-order valence-corrected chi connectivity index (χ0v) is 12.8. The summed E-state index contributed by atoms with van der Waals surface area (Å²) in [4.78, 5) is 15.2. The summed E-state index contributed by atoms with van der Waals surface area (Å²) in [5.41, 5.74) is 0.387. The molecule has 0 spiro atoms. The number of nitrogens with zero attached hydrogens (tertiary/aromatic N) is 1. The topological polar surface area (TPSA) is 50.7 Å². The Morgan fingerprint density at radius 1 is 1.43 bits per heavy atom. The zero-order valence-electron chi connectivity index (χ0n) is 12.8. The van der Waals surface area contributed by atoms with Crippen molar-refractivity contribution in [3.63, 3.8) is 0 Å². The third-order valence-electron chi connectivity index (χ3n) is 2.97. The van der Waals surface area contributed by atoms with Crippen molar-refractivity contribution < 1.29 is 22.7 Å². The Balaban J connectivity index is 2.94. The van der Waals surface area contributed by atoms with Crippen LogP contribution in [-0.2, 0) is 22.3 Å². The molecule has 0 unspecified atom stereocenters. The monoisotopic (exact) mass is 326 g/mol. The van der Waals surface area contributed by atoms with Gasteiger partial charge < -0.3 is 10.1 Å². The van der Waals surface area contributed by atoms with E-state index in [1.54, 1.807) is 13.0 Å². The number of alkyl halides is 3. The van der Waals surface area contributed by atoms with Gasteiger partial charge in [0.05, 0.1) is 18.2 Å². The van der Waals surface area contributed by atoms with Crippen LogP contribution in [0.4, 0.5) is 13.2 Å². The normalized spacial score (nSPS) is 12.7. The minimum Gasteiger partial charge on any atom is -0.465 e. The Morgan fingerprint density at radius 3 is 2.70 bits per heavy atom. The van der Waals surface area contributed by atoms with E-state index in [1.807, 2.05) is 0 Å². The van der Waals surface area contributed by atoms with Gasteiger partial charge in [-0.3, -0.25) is 4.99 Å². The Hall–Kier alpha value is -2.57. The number of nitrogens with one attached hydrogen (secondary N) is 1. The van der Waals surface area contributed by atoms with Gasteiger partial charge in [0.2, 0.25) is 0 Å². The number of hydrogen-bond acceptors (Lipinski definition) is 4. The molecule has 0 amide bonds. The summed E-state index contributed by atoms with van der Waals surface area (Å²) in [6, 6.07) is 4.96. The predicted molar refractivity (Wildman–Crippen MR) is 81.7 cm³/mol. The Morgan fingerprint density at radius 2 is 2.13 bits per heavy atom. The molecule has 1 rings (SSSR count). The number of methoxy groups -OCH3 is 1. The van der Waals surface area contributed by atoms with Gasteiger partial charge in [0.25, 0.3) is 0 Å². The minimum atomic E-state index is -4.39. The van der Waals surface area contributed by atoms with Crippen LogP contribution in [0.1, 0.15) is 18.1 Å². The lowest BCUT2D eigenvalue weighted by molar-refractivity contribution is -0.137. The number of rotatable bonds is 6. The van der Waals surface area contributed by atoms with Crippen LogP contribution in [0, 0.1) is 0 Å². The molecule has 0 aliphatic carbocycles. The fourth-order valence-electron chi connectivity index (χ4n) is 1.77. The summed E-state index contributed by atoms with van der Waals surface area (Å²) < 4.78 is 42.7. The molecule has 0 aliphatic rings. The second-order valence-electron chi connectivity index (χ2n) is 4.58. The molecule has 7 heteroatoms. The maximum Gasteiger partial charge on any atom is 0.416 e. The number of benzene rings is 1. The smallest absolute Gasteiger partial charge is 0.416 e. The third-order valence-corrected chi connectivity index (χ3v) is 2.97. The molecule has 0 aliphatic heterocycles. The molecule has 124 valence electrons. The number of carbonyl (C=O) groups excluding carboxylic acids is 1. The van der Waals surface area contributed by atoms with Crippen molar-refractivity contribution in [1.29, 1.82) is 0 Å². The molecule has 0 radical (unpaired) electrons. The summed E-state index contributed by atoms with van der Waals surface area (Å²) >= 11 is 0. The first-order valence-electron chi connectivity index (χ1n) is 6.61. The van der Waals surface area contributed by atoms with Crippen LogP contribution < -0.4 is 5.32 Å². The number of carbonyl (C=O) groups is 1. The number of halogens is 3. The molecule has 0 saturated carbocycles. The van der Waals surface area contributed by atoms with E-state index >= 15 is 0 Å². The first-order chi connectivity index (χ1) is 10.8. The fraction of sp³-hybridized carbons (Fsp3) is 0.250. The average molecular weight is 326 g/mol. The number of aliphatic imine (C=N–C) groups is 1. The van der Waals surface area contributed by atoms with E-state index in [4.69, 9.17) is 0 Å². The van der Waals surface area contributed by atoms with E-state index in [2.05, 4.69) is 21.8 Å². The highest BCUT2D eigenvalue weighted by Gasteiger charge is 2.30. The van der Waals surface area contributed by atoms with Crippen LogP contribution >= 0.6 is 0 Å². The number of hydrogen-bond donors (Lipinski definition) is 1. The van der Waals surface area contributed by atoms with Crippen LogP contribution in [0.2, 0.25) is 0 Å². The van der Waals surface area contributed by atoms with E-state index < -0.39 is 17.7 Å². The van der Waals surface area contributed by atoms with Crippen LogP contribution in [-0.4, -0.2) is 19.8 Å². The standard InChI is InChI=1S/C16H17F3N2O2/c1-11(14(7-8-20-2)15(22)23-3)21-10-12-5-4-6-13(9-12)16(17,18)19/h4-9,21H,2,10H2,1,3H3/b8-7-,14-11-. The average Bonchev–Trinajstić information content (AvgIpc) is 2.52. The van der Waals surface area contributed by atoms with Gasteiger partial charge in [0, 0.05) is 18.4 Å². The van der Waals surface area contributed by atoms with Gasteiger partial charge in [-0.25, -0.2) is 4.79 Å². The molecule has 1 aromatic rings. The van der Waals surface area contributed by atoms with Crippen LogP contribution in [0.15, 0.2) is 52.8 Å². The summed E-state index contributed by atoms with van der Waals surface area (Å²) in [6.45, 7) is 5.01. The lowest BCUT2D eigenvalue weighted by Crippen LogP contribution is -2.17. The van der Waals surface area contributed by atoms with Crippen LogP contribution in [0.3, 0.4) is 0 Å². The molecular formula is C16H17F3N2O2. The van der Waals surface area contributed by atoms with Gasteiger partial charge in [0.15, 0.2) is 0 Å². The van der Waals surface area contributed by atoms with E-state index in [9.17, 15) is 18.0 Å². The fourth-order valence-corrected chi connectivity index (χ4v) is 1.77. The Kier molecular flexibility index (Phi) is 6.56. The van der Waals surface area contributed by atoms with Crippen LogP contribution in [0.5, 0.6) is 0 Å². The maximum atomic E-state index is 12.7. The molecule has 1 aromatic carbocycles. The van der Waals surface area contributed by atoms with Gasteiger partial charge in [0.1, 0.15) is 0 Å². The summed E-state index contributed by atoms with van der Waals surface area (Å²) in [6.07, 6.45) is -1.66.